The topological polar surface area (TPSA) is 55.6 Å². The average molecular weight is 281 g/mol. The summed E-state index contributed by atoms with van der Waals surface area (Å²) in [5, 5.41) is 7.93. The minimum absolute atomic E-state index is 0.746. The molecule has 0 aliphatic carbocycles. The minimum Gasteiger partial charge on any atom is -0.338 e. The van der Waals surface area contributed by atoms with Crippen molar-refractivity contribution in [2.45, 2.75) is 34.2 Å². The predicted molar refractivity (Wildman–Crippen MR) is 84.9 cm³/mol. The van der Waals surface area contributed by atoms with Crippen LogP contribution in [0.5, 0.6) is 0 Å². The van der Waals surface area contributed by atoms with Crippen molar-refractivity contribution in [1.82, 2.24) is 19.7 Å². The van der Waals surface area contributed by atoms with Gasteiger partial charge in [0.1, 0.15) is 16.9 Å². The summed E-state index contributed by atoms with van der Waals surface area (Å²) >= 11 is 0. The molecule has 21 heavy (non-hydrogen) atoms. The van der Waals surface area contributed by atoms with Crippen LogP contribution in [0.3, 0.4) is 0 Å². The second kappa shape index (κ2) is 5.16. The molecule has 0 aliphatic heterocycles. The van der Waals surface area contributed by atoms with Gasteiger partial charge in [-0.05, 0) is 39.8 Å². The quantitative estimate of drug-likeness (QED) is 0.798. The maximum Gasteiger partial charge on any atom is 0.160 e. The lowest BCUT2D eigenvalue weighted by Gasteiger charge is -2.09. The smallest absolute Gasteiger partial charge is 0.160 e. The summed E-state index contributed by atoms with van der Waals surface area (Å²) in [7, 11) is 0. The Bertz CT molecular complexity index is 787. The Balaban J connectivity index is 2.14. The summed E-state index contributed by atoms with van der Waals surface area (Å²) in [6.07, 6.45) is 0. The molecule has 0 saturated heterocycles. The van der Waals surface area contributed by atoms with Gasteiger partial charge in [0.25, 0.3) is 0 Å². The van der Waals surface area contributed by atoms with Crippen molar-refractivity contribution in [3.05, 3.63) is 41.3 Å². The first-order valence-electron chi connectivity index (χ1n) is 7.14. The van der Waals surface area contributed by atoms with E-state index < -0.39 is 0 Å². The number of aryl methyl sites for hydroxylation is 4. The van der Waals surface area contributed by atoms with E-state index >= 15 is 0 Å². The number of fused-ring (bicyclic) bond motifs is 1. The molecule has 1 N–H and O–H groups in total. The molecule has 2 heterocycles. The van der Waals surface area contributed by atoms with Crippen LogP contribution < -0.4 is 5.32 Å². The van der Waals surface area contributed by atoms with Gasteiger partial charge in [-0.2, -0.15) is 5.10 Å². The lowest BCUT2D eigenvalue weighted by atomic mass is 10.2. The molecular weight excluding hydrogens is 262 g/mol. The van der Waals surface area contributed by atoms with Crippen molar-refractivity contribution in [2.75, 3.05) is 5.32 Å². The molecule has 0 unspecified atom stereocenters. The van der Waals surface area contributed by atoms with Gasteiger partial charge < -0.3 is 5.32 Å². The number of benzene rings is 1. The maximum atomic E-state index is 4.56. The second-order valence-corrected chi connectivity index (χ2v) is 5.21. The fourth-order valence-corrected chi connectivity index (χ4v) is 2.43. The Kier molecular flexibility index (Phi) is 3.33. The molecule has 0 saturated carbocycles. The molecule has 1 aromatic carbocycles. The molecule has 3 rings (SSSR count). The highest BCUT2D eigenvalue weighted by Gasteiger charge is 2.14. The first kappa shape index (κ1) is 13.5. The average Bonchev–Trinajstić information content (AvgIpc) is 2.78. The van der Waals surface area contributed by atoms with Crippen LogP contribution in [0.15, 0.2) is 24.3 Å². The summed E-state index contributed by atoms with van der Waals surface area (Å²) in [6, 6.07) is 8.27. The van der Waals surface area contributed by atoms with Gasteiger partial charge >= 0.3 is 0 Å². The van der Waals surface area contributed by atoms with E-state index in [0.717, 1.165) is 40.6 Å². The van der Waals surface area contributed by atoms with Gasteiger partial charge in [-0.15, -0.1) is 0 Å². The maximum absolute atomic E-state index is 4.56. The molecule has 3 aromatic rings. The van der Waals surface area contributed by atoms with Crippen molar-refractivity contribution in [2.24, 2.45) is 0 Å². The Morgan fingerprint density at radius 1 is 1.05 bits per heavy atom. The van der Waals surface area contributed by atoms with Crippen LogP contribution in [-0.4, -0.2) is 19.7 Å². The molecule has 0 bridgehead atoms. The molecular formula is C16H19N5. The van der Waals surface area contributed by atoms with E-state index in [1.807, 2.05) is 18.5 Å². The number of hydrogen-bond acceptors (Lipinski definition) is 4. The summed E-state index contributed by atoms with van der Waals surface area (Å²) in [4.78, 5) is 9.08. The van der Waals surface area contributed by atoms with Gasteiger partial charge in [-0.25, -0.2) is 9.97 Å². The van der Waals surface area contributed by atoms with E-state index in [1.165, 1.54) is 5.56 Å². The molecule has 108 valence electrons. The third kappa shape index (κ3) is 2.46. The van der Waals surface area contributed by atoms with E-state index in [4.69, 9.17) is 0 Å². The molecule has 0 aliphatic rings. The lowest BCUT2D eigenvalue weighted by molar-refractivity contribution is 0.676. The van der Waals surface area contributed by atoms with Gasteiger partial charge in [0.15, 0.2) is 5.82 Å². The van der Waals surface area contributed by atoms with Crippen molar-refractivity contribution < 1.29 is 0 Å². The first-order valence-corrected chi connectivity index (χ1v) is 7.14. The minimum atomic E-state index is 0.746. The monoisotopic (exact) mass is 281 g/mol. The zero-order chi connectivity index (χ0) is 15.0. The Morgan fingerprint density at radius 2 is 1.76 bits per heavy atom. The van der Waals surface area contributed by atoms with E-state index in [2.05, 4.69) is 58.5 Å². The Morgan fingerprint density at radius 3 is 2.43 bits per heavy atom. The zero-order valence-corrected chi connectivity index (χ0v) is 12.8. The molecule has 0 fully saturated rings. The highest BCUT2D eigenvalue weighted by Crippen LogP contribution is 2.26. The molecule has 0 radical (unpaired) electrons. The first-order chi connectivity index (χ1) is 10.1. The molecule has 0 amide bonds. The normalized spacial score (nSPS) is 11.0. The van der Waals surface area contributed by atoms with E-state index in [9.17, 15) is 0 Å². The van der Waals surface area contributed by atoms with Crippen molar-refractivity contribution >= 4 is 22.5 Å². The summed E-state index contributed by atoms with van der Waals surface area (Å²) in [5.41, 5.74) is 5.06. The van der Waals surface area contributed by atoms with Gasteiger partial charge in [0.05, 0.1) is 5.69 Å². The van der Waals surface area contributed by atoms with E-state index in [1.54, 1.807) is 0 Å². The number of nitrogens with one attached hydrogen (secondary N) is 1. The zero-order valence-electron chi connectivity index (χ0n) is 12.8. The number of rotatable bonds is 3. The van der Waals surface area contributed by atoms with Crippen molar-refractivity contribution in [3.63, 3.8) is 0 Å². The standard InChI is InChI=1S/C16H19N5/c1-5-21-15-14(11(3)20-21)17-12(4)18-16(15)19-13-8-6-10(2)7-9-13/h6-9H,5H2,1-4H3,(H,17,18,19). The molecule has 2 aromatic heterocycles. The van der Waals surface area contributed by atoms with Gasteiger partial charge in [-0.1, -0.05) is 17.7 Å². The third-order valence-electron chi connectivity index (χ3n) is 3.48. The SMILES string of the molecule is CCn1nc(C)c2nc(C)nc(Nc3ccc(C)cc3)c21. The van der Waals surface area contributed by atoms with Crippen molar-refractivity contribution in [3.8, 4) is 0 Å². The third-order valence-corrected chi connectivity index (χ3v) is 3.48. The van der Waals surface area contributed by atoms with Gasteiger partial charge in [0.2, 0.25) is 0 Å². The molecule has 5 nitrogen and oxygen atoms in total. The largest absolute Gasteiger partial charge is 0.338 e. The molecule has 0 spiro atoms. The number of hydrogen-bond donors (Lipinski definition) is 1. The molecule has 5 heteroatoms. The Hall–Kier alpha value is -2.43. The Labute approximate surface area is 124 Å². The second-order valence-electron chi connectivity index (χ2n) is 5.21. The van der Waals surface area contributed by atoms with Crippen LogP contribution in [0, 0.1) is 20.8 Å². The molecule has 0 atom stereocenters. The van der Waals surface area contributed by atoms with E-state index in [0.29, 0.717) is 0 Å². The van der Waals surface area contributed by atoms with Crippen LogP contribution in [0.2, 0.25) is 0 Å². The highest BCUT2D eigenvalue weighted by molar-refractivity contribution is 5.89. The van der Waals surface area contributed by atoms with Crippen LogP contribution in [0.4, 0.5) is 11.5 Å². The van der Waals surface area contributed by atoms with E-state index in [-0.39, 0.29) is 0 Å². The lowest BCUT2D eigenvalue weighted by Crippen LogP contribution is -2.03. The fourth-order valence-electron chi connectivity index (χ4n) is 2.43. The summed E-state index contributed by atoms with van der Waals surface area (Å²) in [6.45, 7) is 8.83. The highest BCUT2D eigenvalue weighted by atomic mass is 15.3. The number of anilines is 2. The predicted octanol–water partition coefficient (Wildman–Crippen LogP) is 3.52. The number of aromatic nitrogens is 4. The van der Waals surface area contributed by atoms with Crippen LogP contribution in [-0.2, 0) is 6.54 Å². The summed E-state index contributed by atoms with van der Waals surface area (Å²) in [5.74, 6) is 1.56. The summed E-state index contributed by atoms with van der Waals surface area (Å²) < 4.78 is 1.95. The van der Waals surface area contributed by atoms with Crippen LogP contribution in [0.1, 0.15) is 24.0 Å². The van der Waals surface area contributed by atoms with Crippen LogP contribution >= 0.6 is 0 Å². The van der Waals surface area contributed by atoms with Gasteiger partial charge in [-0.3, -0.25) is 4.68 Å². The van der Waals surface area contributed by atoms with Crippen molar-refractivity contribution in [1.29, 1.82) is 0 Å². The van der Waals surface area contributed by atoms with Gasteiger partial charge in [0, 0.05) is 12.2 Å². The number of nitrogens with zero attached hydrogens (tertiary/aromatic N) is 4. The van der Waals surface area contributed by atoms with Crippen LogP contribution in [0.25, 0.3) is 11.0 Å². The fraction of sp³-hybridized carbons (Fsp3) is 0.312.